The molecular weight excluding hydrogens is 240 g/mol. The summed E-state index contributed by atoms with van der Waals surface area (Å²) in [5, 5.41) is 12.6. The number of hydrogen-bond donors (Lipinski definition) is 2. The standard InChI is InChI=1S/C15H22N2O2/c1-10-8-13(14(9-16-10)15(18)19)11-4-6-12(7-5-11)17(2)3/h4-7,10,13-14,16H,8-9H2,1-3H3,(H,18,19). The SMILES string of the molecule is CC1CC(c2ccc(N(C)C)cc2)C(C(=O)O)CN1. The second-order valence-electron chi connectivity index (χ2n) is 5.58. The molecule has 3 unspecified atom stereocenters. The zero-order valence-corrected chi connectivity index (χ0v) is 11.8. The molecule has 0 spiro atoms. The first-order chi connectivity index (χ1) is 8.99. The van der Waals surface area contributed by atoms with E-state index in [2.05, 4.69) is 36.5 Å². The molecule has 0 aliphatic carbocycles. The fourth-order valence-electron chi connectivity index (χ4n) is 2.75. The van der Waals surface area contributed by atoms with Crippen molar-refractivity contribution < 1.29 is 9.90 Å². The van der Waals surface area contributed by atoms with Crippen LogP contribution in [0.25, 0.3) is 0 Å². The Hall–Kier alpha value is -1.55. The van der Waals surface area contributed by atoms with Gasteiger partial charge in [-0.05, 0) is 37.0 Å². The lowest BCUT2D eigenvalue weighted by Gasteiger charge is -2.33. The molecule has 0 amide bonds. The van der Waals surface area contributed by atoms with Gasteiger partial charge in [-0.3, -0.25) is 4.79 Å². The van der Waals surface area contributed by atoms with Gasteiger partial charge in [-0.1, -0.05) is 12.1 Å². The molecule has 1 aromatic carbocycles. The smallest absolute Gasteiger partial charge is 0.308 e. The summed E-state index contributed by atoms with van der Waals surface area (Å²) in [5.41, 5.74) is 2.27. The third-order valence-electron chi connectivity index (χ3n) is 3.93. The van der Waals surface area contributed by atoms with Crippen molar-refractivity contribution in [3.8, 4) is 0 Å². The number of rotatable bonds is 3. The Balaban J connectivity index is 2.23. The number of piperidine rings is 1. The van der Waals surface area contributed by atoms with Crippen molar-refractivity contribution in [3.63, 3.8) is 0 Å². The Morgan fingerprint density at radius 3 is 2.47 bits per heavy atom. The monoisotopic (exact) mass is 262 g/mol. The number of carboxylic acid groups (broad SMARTS) is 1. The van der Waals surface area contributed by atoms with Crippen molar-refractivity contribution in [2.75, 3.05) is 25.5 Å². The van der Waals surface area contributed by atoms with Gasteiger partial charge in [0.25, 0.3) is 0 Å². The van der Waals surface area contributed by atoms with Crippen LogP contribution < -0.4 is 10.2 Å². The molecule has 19 heavy (non-hydrogen) atoms. The lowest BCUT2D eigenvalue weighted by molar-refractivity contribution is -0.143. The van der Waals surface area contributed by atoms with Crippen LogP contribution in [0, 0.1) is 5.92 Å². The Kier molecular flexibility index (Phi) is 4.10. The first kappa shape index (κ1) is 13.9. The third kappa shape index (κ3) is 3.07. The molecule has 2 N–H and O–H groups in total. The fourth-order valence-corrected chi connectivity index (χ4v) is 2.75. The van der Waals surface area contributed by atoms with E-state index in [-0.39, 0.29) is 11.8 Å². The molecule has 0 aromatic heterocycles. The number of nitrogens with one attached hydrogen (secondary N) is 1. The van der Waals surface area contributed by atoms with Crippen molar-refractivity contribution in [2.24, 2.45) is 5.92 Å². The predicted octanol–water partition coefficient (Wildman–Crippen LogP) is 1.92. The Bertz CT molecular complexity index is 442. The van der Waals surface area contributed by atoms with Crippen LogP contribution in [0.5, 0.6) is 0 Å². The number of anilines is 1. The predicted molar refractivity (Wildman–Crippen MR) is 76.7 cm³/mol. The van der Waals surface area contributed by atoms with Crippen molar-refractivity contribution in [3.05, 3.63) is 29.8 Å². The molecule has 1 fully saturated rings. The average Bonchev–Trinajstić information content (AvgIpc) is 2.38. The van der Waals surface area contributed by atoms with Gasteiger partial charge in [0.15, 0.2) is 0 Å². The molecule has 1 saturated heterocycles. The molecule has 0 radical (unpaired) electrons. The molecule has 3 atom stereocenters. The highest BCUT2D eigenvalue weighted by atomic mass is 16.4. The summed E-state index contributed by atoms with van der Waals surface area (Å²) >= 11 is 0. The van der Waals surface area contributed by atoms with E-state index in [1.165, 1.54) is 0 Å². The second kappa shape index (κ2) is 5.61. The van der Waals surface area contributed by atoms with E-state index in [9.17, 15) is 9.90 Å². The molecule has 1 aliphatic heterocycles. The first-order valence-corrected chi connectivity index (χ1v) is 6.72. The van der Waals surface area contributed by atoms with Gasteiger partial charge < -0.3 is 15.3 Å². The molecule has 104 valence electrons. The first-order valence-electron chi connectivity index (χ1n) is 6.72. The summed E-state index contributed by atoms with van der Waals surface area (Å²) in [6.45, 7) is 2.66. The van der Waals surface area contributed by atoms with Crippen LogP contribution >= 0.6 is 0 Å². The quantitative estimate of drug-likeness (QED) is 0.874. The van der Waals surface area contributed by atoms with E-state index in [0.717, 1.165) is 17.7 Å². The maximum atomic E-state index is 11.4. The van der Waals surface area contributed by atoms with Crippen LogP contribution in [0.15, 0.2) is 24.3 Å². The van der Waals surface area contributed by atoms with Crippen LogP contribution in [0.1, 0.15) is 24.8 Å². The zero-order chi connectivity index (χ0) is 14.0. The number of benzene rings is 1. The van der Waals surface area contributed by atoms with E-state index in [4.69, 9.17) is 0 Å². The molecule has 0 bridgehead atoms. The molecule has 0 saturated carbocycles. The van der Waals surface area contributed by atoms with Crippen LogP contribution in [-0.4, -0.2) is 37.8 Å². The maximum Gasteiger partial charge on any atom is 0.308 e. The number of hydrogen-bond acceptors (Lipinski definition) is 3. The Labute approximate surface area is 114 Å². The van der Waals surface area contributed by atoms with Gasteiger partial charge in [-0.2, -0.15) is 0 Å². The van der Waals surface area contributed by atoms with Gasteiger partial charge in [0.2, 0.25) is 0 Å². The topological polar surface area (TPSA) is 52.6 Å². The minimum atomic E-state index is -0.707. The van der Waals surface area contributed by atoms with E-state index >= 15 is 0 Å². The number of carbonyl (C=O) groups is 1. The maximum absolute atomic E-state index is 11.4. The summed E-state index contributed by atoms with van der Waals surface area (Å²) in [4.78, 5) is 13.4. The summed E-state index contributed by atoms with van der Waals surface area (Å²) in [7, 11) is 4.00. The van der Waals surface area contributed by atoms with Crippen molar-refractivity contribution in [1.29, 1.82) is 0 Å². The number of carboxylic acids is 1. The highest BCUT2D eigenvalue weighted by Crippen LogP contribution is 2.33. The minimum absolute atomic E-state index is 0.102. The Morgan fingerprint density at radius 1 is 1.32 bits per heavy atom. The second-order valence-corrected chi connectivity index (χ2v) is 5.58. The van der Waals surface area contributed by atoms with Gasteiger partial charge in [0.05, 0.1) is 5.92 Å². The summed E-state index contributed by atoms with van der Waals surface area (Å²) in [6, 6.07) is 8.61. The van der Waals surface area contributed by atoms with E-state index in [1.54, 1.807) is 0 Å². The van der Waals surface area contributed by atoms with E-state index in [1.807, 2.05) is 19.0 Å². The lowest BCUT2D eigenvalue weighted by atomic mass is 9.79. The third-order valence-corrected chi connectivity index (χ3v) is 3.93. The number of aliphatic carboxylic acids is 1. The van der Waals surface area contributed by atoms with Gasteiger partial charge in [-0.15, -0.1) is 0 Å². The van der Waals surface area contributed by atoms with Crippen LogP contribution in [0.2, 0.25) is 0 Å². The molecular formula is C15H22N2O2. The summed E-state index contributed by atoms with van der Waals surface area (Å²) in [5.74, 6) is -0.938. The molecule has 4 nitrogen and oxygen atoms in total. The van der Waals surface area contributed by atoms with Gasteiger partial charge >= 0.3 is 5.97 Å². The summed E-state index contributed by atoms with van der Waals surface area (Å²) < 4.78 is 0. The highest BCUT2D eigenvalue weighted by molar-refractivity contribution is 5.72. The lowest BCUT2D eigenvalue weighted by Crippen LogP contribution is -2.44. The van der Waals surface area contributed by atoms with E-state index in [0.29, 0.717) is 12.6 Å². The van der Waals surface area contributed by atoms with Crippen molar-refractivity contribution in [2.45, 2.75) is 25.3 Å². The van der Waals surface area contributed by atoms with Gasteiger partial charge in [0, 0.05) is 32.4 Å². The zero-order valence-electron chi connectivity index (χ0n) is 11.8. The van der Waals surface area contributed by atoms with Crippen molar-refractivity contribution >= 4 is 11.7 Å². The van der Waals surface area contributed by atoms with Crippen molar-refractivity contribution in [1.82, 2.24) is 5.32 Å². The van der Waals surface area contributed by atoms with E-state index < -0.39 is 5.97 Å². The van der Waals surface area contributed by atoms with Crippen LogP contribution in [-0.2, 0) is 4.79 Å². The molecule has 4 heteroatoms. The van der Waals surface area contributed by atoms with Crippen LogP contribution in [0.4, 0.5) is 5.69 Å². The fraction of sp³-hybridized carbons (Fsp3) is 0.533. The molecule has 1 aliphatic rings. The largest absolute Gasteiger partial charge is 0.481 e. The molecule has 2 rings (SSSR count). The van der Waals surface area contributed by atoms with Gasteiger partial charge in [0.1, 0.15) is 0 Å². The molecule has 1 heterocycles. The average molecular weight is 262 g/mol. The molecule has 1 aromatic rings. The summed E-state index contributed by atoms with van der Waals surface area (Å²) in [6.07, 6.45) is 0.873. The van der Waals surface area contributed by atoms with Crippen LogP contribution in [0.3, 0.4) is 0 Å². The normalized spacial score (nSPS) is 27.0. The Morgan fingerprint density at radius 2 is 1.95 bits per heavy atom. The minimum Gasteiger partial charge on any atom is -0.481 e. The van der Waals surface area contributed by atoms with Gasteiger partial charge in [-0.25, -0.2) is 0 Å². The highest BCUT2D eigenvalue weighted by Gasteiger charge is 2.34. The number of nitrogens with zero attached hydrogens (tertiary/aromatic N) is 1.